The Morgan fingerprint density at radius 2 is 1.52 bits per heavy atom. The van der Waals surface area contributed by atoms with Crippen molar-refractivity contribution in [2.75, 3.05) is 20.6 Å². The lowest BCUT2D eigenvalue weighted by molar-refractivity contribution is -0.0322. The molecule has 0 saturated carbocycles. The van der Waals surface area contributed by atoms with Crippen LogP contribution in [0.4, 0.5) is 0 Å². The van der Waals surface area contributed by atoms with E-state index in [0.717, 1.165) is 6.54 Å². The van der Waals surface area contributed by atoms with E-state index < -0.39 is 0 Å². The summed E-state index contributed by atoms with van der Waals surface area (Å²) in [5.41, 5.74) is 6.69. The Balaban J connectivity index is 2.27. The number of fused-ring (bicyclic) bond motifs is 2. The molecule has 0 bridgehead atoms. The van der Waals surface area contributed by atoms with Gasteiger partial charge in [-0.15, -0.1) is 0 Å². The van der Waals surface area contributed by atoms with Crippen molar-refractivity contribution in [3.8, 4) is 0 Å². The molecule has 23 heavy (non-hydrogen) atoms. The van der Waals surface area contributed by atoms with Crippen molar-refractivity contribution < 1.29 is 0 Å². The minimum absolute atomic E-state index is 0.198. The van der Waals surface area contributed by atoms with Gasteiger partial charge in [0.15, 0.2) is 0 Å². The van der Waals surface area contributed by atoms with E-state index in [1.807, 2.05) is 0 Å². The molecular weight excluding hydrogens is 280 g/mol. The molecule has 0 fully saturated rings. The monoisotopic (exact) mass is 312 g/mol. The lowest BCUT2D eigenvalue weighted by Crippen LogP contribution is -2.54. The van der Waals surface area contributed by atoms with Crippen LogP contribution in [0.1, 0.15) is 58.6 Å². The van der Waals surface area contributed by atoms with Crippen molar-refractivity contribution in [2.45, 2.75) is 53.5 Å². The summed E-state index contributed by atoms with van der Waals surface area (Å²) in [7, 11) is 4.47. The predicted octanol–water partition coefficient (Wildman–Crippen LogP) is 4.79. The number of benzene rings is 1. The second kappa shape index (κ2) is 5.19. The van der Waals surface area contributed by atoms with E-state index in [2.05, 4.69) is 89.9 Å². The fourth-order valence-electron chi connectivity index (χ4n) is 4.73. The molecule has 0 radical (unpaired) electrons. The summed E-state index contributed by atoms with van der Waals surface area (Å²) in [4.78, 5) is 0. The van der Waals surface area contributed by atoms with Gasteiger partial charge in [0.1, 0.15) is 0 Å². The molecule has 0 amide bonds. The molecule has 1 heterocycles. The topological polar surface area (TPSA) is 6.48 Å². The molecule has 2 atom stereocenters. The third-order valence-corrected chi connectivity index (χ3v) is 5.53. The Hall–Kier alpha value is -1.12. The van der Waals surface area contributed by atoms with Gasteiger partial charge in [0.05, 0.1) is 6.04 Å². The standard InChI is InChI=1S/C21H32N2/c1-20(2,3)18-15-12-10-9-11-14(15)17-16(18)13-22(7)23(8)19(17)21(4,5)6/h9-12,18-19H,13H2,1-8H3. The molecule has 3 rings (SSSR count). The van der Waals surface area contributed by atoms with Crippen LogP contribution in [0.2, 0.25) is 0 Å². The largest absolute Gasteiger partial charge is 0.240 e. The van der Waals surface area contributed by atoms with Crippen molar-refractivity contribution in [2.24, 2.45) is 10.8 Å². The van der Waals surface area contributed by atoms with Gasteiger partial charge in [-0.1, -0.05) is 65.8 Å². The average molecular weight is 313 g/mol. The van der Waals surface area contributed by atoms with Gasteiger partial charge in [-0.3, -0.25) is 0 Å². The first-order valence-corrected chi connectivity index (χ1v) is 8.79. The van der Waals surface area contributed by atoms with E-state index in [1.165, 1.54) is 11.1 Å². The van der Waals surface area contributed by atoms with E-state index >= 15 is 0 Å². The Bertz CT molecular complexity index is 643. The number of hydrogen-bond donors (Lipinski definition) is 0. The minimum Gasteiger partial charge on any atom is -0.240 e. The maximum absolute atomic E-state index is 2.45. The molecule has 1 aromatic carbocycles. The van der Waals surface area contributed by atoms with Gasteiger partial charge in [0, 0.05) is 26.6 Å². The van der Waals surface area contributed by atoms with Gasteiger partial charge in [-0.05, 0) is 33.1 Å². The summed E-state index contributed by atoms with van der Waals surface area (Å²) in [5, 5.41) is 4.85. The molecule has 126 valence electrons. The van der Waals surface area contributed by atoms with Crippen LogP contribution in [-0.4, -0.2) is 36.7 Å². The first-order chi connectivity index (χ1) is 10.5. The third-order valence-electron chi connectivity index (χ3n) is 5.53. The highest BCUT2D eigenvalue weighted by molar-refractivity contribution is 5.83. The highest BCUT2D eigenvalue weighted by Crippen LogP contribution is 2.55. The van der Waals surface area contributed by atoms with Crippen LogP contribution >= 0.6 is 0 Å². The quantitative estimate of drug-likeness (QED) is 0.679. The molecule has 2 heteroatoms. The molecule has 2 unspecified atom stereocenters. The summed E-state index contributed by atoms with van der Waals surface area (Å²) >= 11 is 0. The van der Waals surface area contributed by atoms with Crippen LogP contribution < -0.4 is 0 Å². The lowest BCUT2D eigenvalue weighted by Gasteiger charge is -2.48. The van der Waals surface area contributed by atoms with Crippen LogP contribution in [0.25, 0.3) is 5.57 Å². The fraction of sp³-hybridized carbons (Fsp3) is 0.619. The van der Waals surface area contributed by atoms with E-state index in [1.54, 1.807) is 11.1 Å². The summed E-state index contributed by atoms with van der Waals surface area (Å²) in [6, 6.07) is 9.52. The highest BCUT2D eigenvalue weighted by atomic mass is 15.6. The summed E-state index contributed by atoms with van der Waals surface area (Å²) in [6.45, 7) is 15.3. The molecule has 0 saturated heterocycles. The molecule has 1 aliphatic carbocycles. The van der Waals surface area contributed by atoms with Crippen molar-refractivity contribution in [1.82, 2.24) is 10.0 Å². The summed E-state index contributed by atoms with van der Waals surface area (Å²) in [5.74, 6) is 0.523. The van der Waals surface area contributed by atoms with Crippen molar-refractivity contribution in [1.29, 1.82) is 0 Å². The molecular formula is C21H32N2. The second-order valence-electron chi connectivity index (χ2n) is 9.48. The van der Waals surface area contributed by atoms with Gasteiger partial charge in [0.25, 0.3) is 0 Å². The normalized spacial score (nSPS) is 26.4. The summed E-state index contributed by atoms with van der Waals surface area (Å²) < 4.78 is 0. The van der Waals surface area contributed by atoms with E-state index in [9.17, 15) is 0 Å². The minimum atomic E-state index is 0.198. The fourth-order valence-corrected chi connectivity index (χ4v) is 4.73. The zero-order valence-corrected chi connectivity index (χ0v) is 16.1. The molecule has 0 spiro atoms. The van der Waals surface area contributed by atoms with Crippen LogP contribution in [0.5, 0.6) is 0 Å². The zero-order valence-electron chi connectivity index (χ0n) is 16.1. The molecule has 0 aromatic heterocycles. The number of hydrazine groups is 1. The number of hydrogen-bond acceptors (Lipinski definition) is 2. The second-order valence-corrected chi connectivity index (χ2v) is 9.48. The smallest absolute Gasteiger partial charge is 0.0546 e. The van der Waals surface area contributed by atoms with Gasteiger partial charge in [0.2, 0.25) is 0 Å². The zero-order chi connectivity index (χ0) is 17.2. The van der Waals surface area contributed by atoms with E-state index in [4.69, 9.17) is 0 Å². The first kappa shape index (κ1) is 16.7. The number of likely N-dealkylation sites (N-methyl/N-ethyl adjacent to an activating group) is 2. The molecule has 0 N–H and O–H groups in total. The Morgan fingerprint density at radius 3 is 2.09 bits per heavy atom. The van der Waals surface area contributed by atoms with Gasteiger partial charge < -0.3 is 0 Å². The van der Waals surface area contributed by atoms with Crippen LogP contribution in [0, 0.1) is 10.8 Å². The first-order valence-electron chi connectivity index (χ1n) is 8.79. The molecule has 1 aromatic rings. The number of rotatable bonds is 0. The van der Waals surface area contributed by atoms with Crippen molar-refractivity contribution in [3.05, 3.63) is 41.0 Å². The van der Waals surface area contributed by atoms with Gasteiger partial charge in [-0.2, -0.15) is 0 Å². The summed E-state index contributed by atoms with van der Waals surface area (Å²) in [6.07, 6.45) is 0. The Morgan fingerprint density at radius 1 is 0.913 bits per heavy atom. The third kappa shape index (κ3) is 2.56. The molecule has 2 nitrogen and oxygen atoms in total. The van der Waals surface area contributed by atoms with Crippen LogP contribution in [0.3, 0.4) is 0 Å². The Labute approximate surface area is 142 Å². The maximum atomic E-state index is 2.45. The van der Waals surface area contributed by atoms with E-state index in [-0.39, 0.29) is 10.8 Å². The van der Waals surface area contributed by atoms with Gasteiger partial charge in [-0.25, -0.2) is 10.0 Å². The SMILES string of the molecule is CN1CC2=C(c3ccccc3C2C(C)(C)C)C(C(C)(C)C)N1C. The van der Waals surface area contributed by atoms with Gasteiger partial charge >= 0.3 is 0 Å². The number of nitrogens with zero attached hydrogens (tertiary/aromatic N) is 2. The highest BCUT2D eigenvalue weighted by Gasteiger charge is 2.47. The maximum Gasteiger partial charge on any atom is 0.0546 e. The van der Waals surface area contributed by atoms with Crippen molar-refractivity contribution in [3.63, 3.8) is 0 Å². The average Bonchev–Trinajstić information content (AvgIpc) is 2.72. The van der Waals surface area contributed by atoms with Crippen molar-refractivity contribution >= 4 is 5.57 Å². The molecule has 1 aliphatic heterocycles. The lowest BCUT2D eigenvalue weighted by atomic mass is 9.73. The molecule has 2 aliphatic rings. The predicted molar refractivity (Wildman–Crippen MR) is 99.2 cm³/mol. The van der Waals surface area contributed by atoms with E-state index in [0.29, 0.717) is 12.0 Å². The van der Waals surface area contributed by atoms with Crippen LogP contribution in [-0.2, 0) is 0 Å². The Kier molecular flexibility index (Phi) is 3.77. The van der Waals surface area contributed by atoms with Crippen LogP contribution in [0.15, 0.2) is 29.8 Å².